The molecule has 0 aliphatic rings. The van der Waals surface area contributed by atoms with Gasteiger partial charge in [0.1, 0.15) is 12.0 Å². The SMILES string of the molecule is CN(CC(C)(C)O)c1ncnc(Cl)c1N. The number of hydrogen-bond acceptors (Lipinski definition) is 5. The first-order chi connectivity index (χ1) is 6.81. The zero-order valence-corrected chi connectivity index (χ0v) is 9.78. The molecule has 5 nitrogen and oxygen atoms in total. The van der Waals surface area contributed by atoms with Gasteiger partial charge in [0, 0.05) is 13.6 Å². The lowest BCUT2D eigenvalue weighted by molar-refractivity contribution is 0.0885. The third kappa shape index (κ3) is 3.21. The first kappa shape index (κ1) is 12.0. The average Bonchev–Trinajstić information content (AvgIpc) is 2.06. The number of likely N-dealkylation sites (N-methyl/N-ethyl adjacent to an activating group) is 1. The van der Waals surface area contributed by atoms with E-state index in [2.05, 4.69) is 9.97 Å². The van der Waals surface area contributed by atoms with Crippen molar-refractivity contribution in [2.45, 2.75) is 19.4 Å². The minimum absolute atomic E-state index is 0.225. The van der Waals surface area contributed by atoms with Gasteiger partial charge in [0.05, 0.1) is 5.60 Å². The molecule has 0 amide bonds. The molecule has 3 N–H and O–H groups in total. The third-order valence-electron chi connectivity index (χ3n) is 1.80. The lowest BCUT2D eigenvalue weighted by Gasteiger charge is -2.27. The number of rotatable bonds is 3. The Balaban J connectivity index is 2.92. The van der Waals surface area contributed by atoms with Crippen LogP contribution in [0.15, 0.2) is 6.33 Å². The van der Waals surface area contributed by atoms with Gasteiger partial charge in [-0.1, -0.05) is 11.6 Å². The fraction of sp³-hybridized carbons (Fsp3) is 0.556. The summed E-state index contributed by atoms with van der Waals surface area (Å²) in [5.41, 5.74) is 5.23. The quantitative estimate of drug-likeness (QED) is 0.756. The van der Waals surface area contributed by atoms with Crippen LogP contribution >= 0.6 is 11.6 Å². The van der Waals surface area contributed by atoms with Gasteiger partial charge in [-0.2, -0.15) is 0 Å². The van der Waals surface area contributed by atoms with Gasteiger partial charge >= 0.3 is 0 Å². The van der Waals surface area contributed by atoms with Crippen LogP contribution in [0.2, 0.25) is 5.15 Å². The van der Waals surface area contributed by atoms with Gasteiger partial charge in [0.2, 0.25) is 0 Å². The van der Waals surface area contributed by atoms with Gasteiger partial charge in [-0.25, -0.2) is 9.97 Å². The van der Waals surface area contributed by atoms with Crippen LogP contribution in [0.25, 0.3) is 0 Å². The molecule has 0 saturated carbocycles. The number of aliphatic hydroxyl groups is 1. The summed E-state index contributed by atoms with van der Waals surface area (Å²) in [6, 6.07) is 0. The Kier molecular flexibility index (Phi) is 3.36. The van der Waals surface area contributed by atoms with Crippen LogP contribution in [0, 0.1) is 0 Å². The molecule has 1 aromatic heterocycles. The number of nitrogen functional groups attached to an aromatic ring is 1. The highest BCUT2D eigenvalue weighted by atomic mass is 35.5. The fourth-order valence-corrected chi connectivity index (χ4v) is 1.45. The van der Waals surface area contributed by atoms with E-state index in [0.29, 0.717) is 18.1 Å². The van der Waals surface area contributed by atoms with Crippen LogP contribution in [0.4, 0.5) is 11.5 Å². The second-order valence-corrected chi connectivity index (χ2v) is 4.43. The second kappa shape index (κ2) is 4.20. The van der Waals surface area contributed by atoms with Gasteiger partial charge in [-0.3, -0.25) is 0 Å². The van der Waals surface area contributed by atoms with Crippen LogP contribution in [-0.4, -0.2) is 34.3 Å². The first-order valence-corrected chi connectivity index (χ1v) is 4.88. The number of nitrogens with two attached hydrogens (primary N) is 1. The number of hydrogen-bond donors (Lipinski definition) is 2. The largest absolute Gasteiger partial charge is 0.393 e. The Labute approximate surface area is 93.9 Å². The molecule has 0 aliphatic carbocycles. The minimum atomic E-state index is -0.821. The summed E-state index contributed by atoms with van der Waals surface area (Å²) in [6.45, 7) is 3.83. The molecule has 1 aromatic rings. The van der Waals surface area contributed by atoms with Crippen LogP contribution < -0.4 is 10.6 Å². The second-order valence-electron chi connectivity index (χ2n) is 4.07. The Morgan fingerprint density at radius 1 is 1.53 bits per heavy atom. The lowest BCUT2D eigenvalue weighted by atomic mass is 10.1. The monoisotopic (exact) mass is 230 g/mol. The van der Waals surface area contributed by atoms with Crippen LogP contribution in [0.5, 0.6) is 0 Å². The molecule has 1 rings (SSSR count). The Hall–Kier alpha value is -1.07. The van der Waals surface area contributed by atoms with Crippen molar-refractivity contribution in [3.63, 3.8) is 0 Å². The number of nitrogens with zero attached hydrogens (tertiary/aromatic N) is 3. The van der Waals surface area contributed by atoms with Crippen molar-refractivity contribution >= 4 is 23.1 Å². The number of aromatic nitrogens is 2. The highest BCUT2D eigenvalue weighted by Crippen LogP contribution is 2.25. The van der Waals surface area contributed by atoms with Crippen molar-refractivity contribution in [2.75, 3.05) is 24.2 Å². The van der Waals surface area contributed by atoms with Crippen molar-refractivity contribution in [1.82, 2.24) is 9.97 Å². The Morgan fingerprint density at radius 3 is 2.67 bits per heavy atom. The smallest absolute Gasteiger partial charge is 0.157 e. The molecule has 0 bridgehead atoms. The highest BCUT2D eigenvalue weighted by Gasteiger charge is 2.19. The van der Waals surface area contributed by atoms with Crippen LogP contribution in [-0.2, 0) is 0 Å². The minimum Gasteiger partial charge on any atom is -0.393 e. The van der Waals surface area contributed by atoms with E-state index in [9.17, 15) is 5.11 Å². The predicted octanol–water partition coefficient (Wildman–Crippen LogP) is 0.919. The van der Waals surface area contributed by atoms with E-state index in [1.54, 1.807) is 25.8 Å². The maximum atomic E-state index is 9.65. The van der Waals surface area contributed by atoms with E-state index in [4.69, 9.17) is 17.3 Å². The molecule has 0 saturated heterocycles. The van der Waals surface area contributed by atoms with Crippen molar-refractivity contribution < 1.29 is 5.11 Å². The highest BCUT2D eigenvalue weighted by molar-refractivity contribution is 6.32. The molecular formula is C9H15ClN4O. The van der Waals surface area contributed by atoms with E-state index < -0.39 is 5.60 Å². The molecule has 84 valence electrons. The normalized spacial score (nSPS) is 11.5. The Morgan fingerprint density at radius 2 is 2.13 bits per heavy atom. The molecule has 0 atom stereocenters. The fourth-order valence-electron chi connectivity index (χ4n) is 1.33. The zero-order chi connectivity index (χ0) is 11.6. The van der Waals surface area contributed by atoms with Crippen molar-refractivity contribution in [3.8, 4) is 0 Å². The van der Waals surface area contributed by atoms with Crippen molar-refractivity contribution in [1.29, 1.82) is 0 Å². The summed E-state index contributed by atoms with van der Waals surface area (Å²) in [7, 11) is 1.78. The first-order valence-electron chi connectivity index (χ1n) is 4.51. The number of anilines is 2. The average molecular weight is 231 g/mol. The van der Waals surface area contributed by atoms with E-state index in [1.807, 2.05) is 0 Å². The maximum absolute atomic E-state index is 9.65. The molecule has 0 spiro atoms. The predicted molar refractivity (Wildman–Crippen MR) is 61.0 cm³/mol. The standard InChI is InChI=1S/C9H15ClN4O/c1-9(2,15)4-14(3)8-6(11)7(10)12-5-13-8/h5,15H,4,11H2,1-3H3. The summed E-state index contributed by atoms with van der Waals surface area (Å²) in [6.07, 6.45) is 1.34. The van der Waals surface area contributed by atoms with Gasteiger partial charge in [-0.15, -0.1) is 0 Å². The van der Waals surface area contributed by atoms with Crippen molar-refractivity contribution in [2.24, 2.45) is 0 Å². The van der Waals surface area contributed by atoms with Crippen molar-refractivity contribution in [3.05, 3.63) is 11.5 Å². The van der Waals surface area contributed by atoms with Gasteiger partial charge in [0.25, 0.3) is 0 Å². The molecule has 0 fully saturated rings. The van der Waals surface area contributed by atoms with E-state index in [-0.39, 0.29) is 5.15 Å². The molecular weight excluding hydrogens is 216 g/mol. The molecule has 0 aliphatic heterocycles. The molecule has 6 heteroatoms. The summed E-state index contributed by atoms with van der Waals surface area (Å²) in [5, 5.41) is 9.88. The molecule has 0 aromatic carbocycles. The third-order valence-corrected chi connectivity index (χ3v) is 2.10. The van der Waals surface area contributed by atoms with E-state index in [1.165, 1.54) is 6.33 Å². The molecule has 0 radical (unpaired) electrons. The van der Waals surface area contributed by atoms with E-state index in [0.717, 1.165) is 0 Å². The summed E-state index contributed by atoms with van der Waals surface area (Å²) in [5.74, 6) is 0.525. The molecule has 1 heterocycles. The van der Waals surface area contributed by atoms with E-state index >= 15 is 0 Å². The van der Waals surface area contributed by atoms with Gasteiger partial charge in [0.15, 0.2) is 11.0 Å². The Bertz CT molecular complexity index is 350. The van der Waals surface area contributed by atoms with Crippen LogP contribution in [0.1, 0.15) is 13.8 Å². The lowest BCUT2D eigenvalue weighted by Crippen LogP contribution is -2.37. The van der Waals surface area contributed by atoms with Gasteiger partial charge < -0.3 is 15.7 Å². The summed E-state index contributed by atoms with van der Waals surface area (Å²) >= 11 is 5.76. The van der Waals surface area contributed by atoms with Gasteiger partial charge in [-0.05, 0) is 13.8 Å². The maximum Gasteiger partial charge on any atom is 0.157 e. The molecule has 15 heavy (non-hydrogen) atoms. The number of halogens is 1. The molecule has 0 unspecified atom stereocenters. The summed E-state index contributed by atoms with van der Waals surface area (Å²) in [4.78, 5) is 9.51. The topological polar surface area (TPSA) is 75.3 Å². The van der Waals surface area contributed by atoms with Crippen LogP contribution in [0.3, 0.4) is 0 Å². The summed E-state index contributed by atoms with van der Waals surface area (Å²) < 4.78 is 0. The zero-order valence-electron chi connectivity index (χ0n) is 9.03.